The van der Waals surface area contributed by atoms with Crippen molar-refractivity contribution in [3.63, 3.8) is 0 Å². The molecule has 0 amide bonds. The molecule has 0 aliphatic carbocycles. The Kier molecular flexibility index (Phi) is 3.07. The van der Waals surface area contributed by atoms with Gasteiger partial charge in [-0.15, -0.1) is 0 Å². The van der Waals surface area contributed by atoms with Crippen LogP contribution in [0.1, 0.15) is 19.0 Å². The van der Waals surface area contributed by atoms with E-state index in [1.807, 2.05) is 24.0 Å². The van der Waals surface area contributed by atoms with E-state index in [0.29, 0.717) is 5.92 Å². The van der Waals surface area contributed by atoms with E-state index in [1.54, 1.807) is 0 Å². The van der Waals surface area contributed by atoms with E-state index in [2.05, 4.69) is 16.9 Å². The highest BCUT2D eigenvalue weighted by Crippen LogP contribution is 2.18. The van der Waals surface area contributed by atoms with Gasteiger partial charge in [-0.05, 0) is 24.9 Å². The largest absolute Gasteiger partial charge is 0.392 e. The Morgan fingerprint density at radius 1 is 1.60 bits per heavy atom. The van der Waals surface area contributed by atoms with Crippen molar-refractivity contribution in [1.82, 2.24) is 14.7 Å². The molecule has 1 aliphatic heterocycles. The van der Waals surface area contributed by atoms with E-state index in [4.69, 9.17) is 0 Å². The highest BCUT2D eigenvalue weighted by atomic mass is 16.3. The summed E-state index contributed by atoms with van der Waals surface area (Å²) in [6.45, 7) is 4.86. The Morgan fingerprint density at radius 2 is 2.40 bits per heavy atom. The highest BCUT2D eigenvalue weighted by molar-refractivity contribution is 5.00. The SMILES string of the molecule is CC1CCN(Cc2ccnn2C)CC1O. The van der Waals surface area contributed by atoms with Crippen molar-refractivity contribution < 1.29 is 5.11 Å². The van der Waals surface area contributed by atoms with Crippen LogP contribution < -0.4 is 0 Å². The summed E-state index contributed by atoms with van der Waals surface area (Å²) in [7, 11) is 1.96. The Labute approximate surface area is 90.5 Å². The molecule has 0 radical (unpaired) electrons. The van der Waals surface area contributed by atoms with Crippen LogP contribution >= 0.6 is 0 Å². The second-order valence-corrected chi connectivity index (χ2v) is 4.51. The maximum absolute atomic E-state index is 9.78. The summed E-state index contributed by atoms with van der Waals surface area (Å²) >= 11 is 0. The predicted octanol–water partition coefficient (Wildman–Crippen LogP) is 0.623. The van der Waals surface area contributed by atoms with Crippen molar-refractivity contribution in [3.8, 4) is 0 Å². The number of nitrogens with zero attached hydrogens (tertiary/aromatic N) is 3. The van der Waals surface area contributed by atoms with Gasteiger partial charge in [-0.2, -0.15) is 5.10 Å². The third-order valence-corrected chi connectivity index (χ3v) is 3.31. The summed E-state index contributed by atoms with van der Waals surface area (Å²) < 4.78 is 1.89. The first kappa shape index (κ1) is 10.6. The molecule has 15 heavy (non-hydrogen) atoms. The van der Waals surface area contributed by atoms with E-state index < -0.39 is 0 Å². The average Bonchev–Trinajstić information content (AvgIpc) is 2.59. The van der Waals surface area contributed by atoms with Gasteiger partial charge >= 0.3 is 0 Å². The number of hydrogen-bond donors (Lipinski definition) is 1. The normalized spacial score (nSPS) is 28.2. The van der Waals surface area contributed by atoms with Gasteiger partial charge in [-0.3, -0.25) is 9.58 Å². The molecule has 1 saturated heterocycles. The molecule has 1 N–H and O–H groups in total. The monoisotopic (exact) mass is 209 g/mol. The van der Waals surface area contributed by atoms with Gasteiger partial charge in [0.25, 0.3) is 0 Å². The number of aromatic nitrogens is 2. The molecule has 4 nitrogen and oxygen atoms in total. The van der Waals surface area contributed by atoms with Crippen molar-refractivity contribution in [1.29, 1.82) is 0 Å². The van der Waals surface area contributed by atoms with Crippen LogP contribution in [0, 0.1) is 5.92 Å². The van der Waals surface area contributed by atoms with Crippen molar-refractivity contribution >= 4 is 0 Å². The fraction of sp³-hybridized carbons (Fsp3) is 0.727. The van der Waals surface area contributed by atoms with E-state index in [0.717, 1.165) is 26.1 Å². The predicted molar refractivity (Wildman–Crippen MR) is 58.3 cm³/mol. The molecule has 84 valence electrons. The quantitative estimate of drug-likeness (QED) is 0.776. The first-order valence-corrected chi connectivity index (χ1v) is 5.54. The lowest BCUT2D eigenvalue weighted by molar-refractivity contribution is 0.0250. The van der Waals surface area contributed by atoms with E-state index in [9.17, 15) is 5.11 Å². The number of hydrogen-bond acceptors (Lipinski definition) is 3. The van der Waals surface area contributed by atoms with Crippen molar-refractivity contribution in [2.75, 3.05) is 13.1 Å². The maximum atomic E-state index is 9.78. The van der Waals surface area contributed by atoms with Gasteiger partial charge < -0.3 is 5.11 Å². The lowest BCUT2D eigenvalue weighted by atomic mass is 9.96. The molecule has 2 atom stereocenters. The molecule has 0 saturated carbocycles. The number of rotatable bonds is 2. The van der Waals surface area contributed by atoms with E-state index in [-0.39, 0.29) is 6.10 Å². The summed E-state index contributed by atoms with van der Waals surface area (Å²) in [5.41, 5.74) is 1.21. The molecule has 2 rings (SSSR count). The summed E-state index contributed by atoms with van der Waals surface area (Å²) in [5.74, 6) is 0.438. The zero-order valence-electron chi connectivity index (χ0n) is 9.43. The Morgan fingerprint density at radius 3 is 3.00 bits per heavy atom. The van der Waals surface area contributed by atoms with Gasteiger partial charge in [0.1, 0.15) is 0 Å². The number of piperidine rings is 1. The number of aryl methyl sites for hydroxylation is 1. The molecular formula is C11H19N3O. The smallest absolute Gasteiger partial charge is 0.0693 e. The second kappa shape index (κ2) is 4.33. The van der Waals surface area contributed by atoms with Gasteiger partial charge in [0, 0.05) is 26.3 Å². The lowest BCUT2D eigenvalue weighted by Crippen LogP contribution is -2.42. The Bertz CT molecular complexity index is 323. The number of β-amino-alcohol motifs (C(OH)–C–C–N with tert-alkyl or cyclic N) is 1. The fourth-order valence-corrected chi connectivity index (χ4v) is 2.04. The Balaban J connectivity index is 1.94. The fourth-order valence-electron chi connectivity index (χ4n) is 2.04. The molecule has 0 bridgehead atoms. The minimum Gasteiger partial charge on any atom is -0.392 e. The molecule has 0 aromatic carbocycles. The first-order valence-electron chi connectivity index (χ1n) is 5.54. The van der Waals surface area contributed by atoms with Gasteiger partial charge in [0.05, 0.1) is 11.8 Å². The van der Waals surface area contributed by atoms with Gasteiger partial charge in [-0.1, -0.05) is 6.92 Å². The molecule has 1 aliphatic rings. The van der Waals surface area contributed by atoms with Crippen LogP contribution in [0.4, 0.5) is 0 Å². The minimum absolute atomic E-state index is 0.174. The summed E-state index contributed by atoms with van der Waals surface area (Å²) in [6.07, 6.45) is 2.73. The zero-order valence-corrected chi connectivity index (χ0v) is 9.43. The second-order valence-electron chi connectivity index (χ2n) is 4.51. The van der Waals surface area contributed by atoms with E-state index >= 15 is 0 Å². The van der Waals surface area contributed by atoms with Gasteiger partial charge in [0.15, 0.2) is 0 Å². The van der Waals surface area contributed by atoms with Crippen molar-refractivity contribution in [3.05, 3.63) is 18.0 Å². The maximum Gasteiger partial charge on any atom is 0.0693 e. The molecule has 2 heterocycles. The lowest BCUT2D eigenvalue weighted by Gasteiger charge is -2.34. The number of likely N-dealkylation sites (tertiary alicyclic amines) is 1. The minimum atomic E-state index is -0.174. The standard InChI is InChI=1S/C11H19N3O/c1-9-4-6-14(8-11(9)15)7-10-3-5-12-13(10)2/h3,5,9,11,15H,4,6-8H2,1-2H3. The van der Waals surface area contributed by atoms with Gasteiger partial charge in [-0.25, -0.2) is 0 Å². The van der Waals surface area contributed by atoms with Crippen LogP contribution in [0.5, 0.6) is 0 Å². The first-order chi connectivity index (χ1) is 7.16. The van der Waals surface area contributed by atoms with Crippen molar-refractivity contribution in [2.24, 2.45) is 13.0 Å². The van der Waals surface area contributed by atoms with Crippen LogP contribution in [0.2, 0.25) is 0 Å². The number of aliphatic hydroxyl groups excluding tert-OH is 1. The topological polar surface area (TPSA) is 41.3 Å². The zero-order chi connectivity index (χ0) is 10.8. The average molecular weight is 209 g/mol. The summed E-state index contributed by atoms with van der Waals surface area (Å²) in [6, 6.07) is 2.03. The van der Waals surface area contributed by atoms with Crippen LogP contribution in [-0.2, 0) is 13.6 Å². The van der Waals surface area contributed by atoms with Crippen LogP contribution in [-0.4, -0.2) is 39.0 Å². The van der Waals surface area contributed by atoms with Crippen LogP contribution in [0.25, 0.3) is 0 Å². The third-order valence-electron chi connectivity index (χ3n) is 3.31. The highest BCUT2D eigenvalue weighted by Gasteiger charge is 2.24. The molecule has 2 unspecified atom stereocenters. The summed E-state index contributed by atoms with van der Waals surface area (Å²) in [4.78, 5) is 2.29. The molecule has 1 fully saturated rings. The Hall–Kier alpha value is -0.870. The van der Waals surface area contributed by atoms with Crippen LogP contribution in [0.3, 0.4) is 0 Å². The summed E-state index contributed by atoms with van der Waals surface area (Å²) in [5, 5.41) is 13.9. The molecule has 1 aromatic heterocycles. The molecule has 4 heteroatoms. The van der Waals surface area contributed by atoms with Crippen molar-refractivity contribution in [2.45, 2.75) is 26.0 Å². The van der Waals surface area contributed by atoms with Gasteiger partial charge in [0.2, 0.25) is 0 Å². The number of aliphatic hydroxyl groups is 1. The van der Waals surface area contributed by atoms with E-state index in [1.165, 1.54) is 5.69 Å². The molecule has 0 spiro atoms. The van der Waals surface area contributed by atoms with Crippen LogP contribution in [0.15, 0.2) is 12.3 Å². The molecular weight excluding hydrogens is 190 g/mol. The molecule has 1 aromatic rings. The third kappa shape index (κ3) is 2.38.